The highest BCUT2D eigenvalue weighted by molar-refractivity contribution is 5.80. The summed E-state index contributed by atoms with van der Waals surface area (Å²) in [6.07, 6.45) is 0.306. The molecule has 0 fully saturated rings. The summed E-state index contributed by atoms with van der Waals surface area (Å²) in [7, 11) is 0. The lowest BCUT2D eigenvalue weighted by molar-refractivity contribution is -0.127. The molecule has 0 aliphatic heterocycles. The Labute approximate surface area is 145 Å². The molecule has 0 heterocycles. The number of nitrogens with one attached hydrogen (secondary N) is 1. The number of rotatable bonds is 6. The summed E-state index contributed by atoms with van der Waals surface area (Å²) in [5, 5.41) is 2.92. The average Bonchev–Trinajstić information content (AvgIpc) is 2.55. The highest BCUT2D eigenvalue weighted by Gasteiger charge is 2.16. The quantitative estimate of drug-likeness (QED) is 0.868. The summed E-state index contributed by atoms with van der Waals surface area (Å²) in [6, 6.07) is 18.1. The first-order chi connectivity index (χ1) is 11.4. The van der Waals surface area contributed by atoms with E-state index in [0.29, 0.717) is 12.3 Å². The maximum Gasteiger partial charge on any atom is 0.260 e. The number of carbonyl (C=O) groups is 1. The van der Waals surface area contributed by atoms with E-state index in [1.54, 1.807) is 6.92 Å². The molecule has 2 aromatic rings. The third kappa shape index (κ3) is 5.41. The van der Waals surface area contributed by atoms with Crippen molar-refractivity contribution in [3.8, 4) is 5.75 Å². The van der Waals surface area contributed by atoms with Gasteiger partial charge < -0.3 is 10.1 Å². The van der Waals surface area contributed by atoms with E-state index in [0.717, 1.165) is 6.42 Å². The standard InChI is InChI=1S/C21H27NO2/c1-16(20(23)22-15-14-17-8-6-5-7-9-17)24-19-12-10-18(11-13-19)21(2,3)4/h5-13,16H,14-15H2,1-4H3,(H,22,23)/t16-/m0/s1. The largest absolute Gasteiger partial charge is 0.481 e. The van der Waals surface area contributed by atoms with Gasteiger partial charge in [-0.2, -0.15) is 0 Å². The van der Waals surface area contributed by atoms with E-state index >= 15 is 0 Å². The minimum Gasteiger partial charge on any atom is -0.481 e. The maximum absolute atomic E-state index is 12.1. The summed E-state index contributed by atoms with van der Waals surface area (Å²) >= 11 is 0. The number of hydrogen-bond acceptors (Lipinski definition) is 2. The Balaban J connectivity index is 1.81. The molecule has 0 aromatic heterocycles. The molecule has 2 rings (SSSR count). The van der Waals surface area contributed by atoms with Crippen LogP contribution >= 0.6 is 0 Å². The topological polar surface area (TPSA) is 38.3 Å². The first-order valence-corrected chi connectivity index (χ1v) is 8.45. The lowest BCUT2D eigenvalue weighted by Crippen LogP contribution is -2.37. The van der Waals surface area contributed by atoms with Crippen LogP contribution in [0.15, 0.2) is 54.6 Å². The van der Waals surface area contributed by atoms with Gasteiger partial charge in [0.15, 0.2) is 6.10 Å². The van der Waals surface area contributed by atoms with E-state index in [2.05, 4.69) is 50.4 Å². The van der Waals surface area contributed by atoms with E-state index in [1.165, 1.54) is 11.1 Å². The van der Waals surface area contributed by atoms with Crippen molar-refractivity contribution >= 4 is 5.91 Å². The Hall–Kier alpha value is -2.29. The Morgan fingerprint density at radius 3 is 2.25 bits per heavy atom. The molecule has 3 nitrogen and oxygen atoms in total. The molecular formula is C21H27NO2. The highest BCUT2D eigenvalue weighted by Crippen LogP contribution is 2.24. The number of amides is 1. The van der Waals surface area contributed by atoms with Crippen LogP contribution in [0.1, 0.15) is 38.8 Å². The van der Waals surface area contributed by atoms with Crippen molar-refractivity contribution in [3.63, 3.8) is 0 Å². The molecule has 0 radical (unpaired) electrons. The van der Waals surface area contributed by atoms with Crippen molar-refractivity contribution in [1.82, 2.24) is 5.32 Å². The Morgan fingerprint density at radius 2 is 1.67 bits per heavy atom. The van der Waals surface area contributed by atoms with E-state index in [4.69, 9.17) is 4.74 Å². The van der Waals surface area contributed by atoms with Crippen LogP contribution in [0.4, 0.5) is 0 Å². The molecule has 0 unspecified atom stereocenters. The molecule has 0 saturated heterocycles. The average molecular weight is 325 g/mol. The molecular weight excluding hydrogens is 298 g/mol. The van der Waals surface area contributed by atoms with Crippen molar-refractivity contribution in [1.29, 1.82) is 0 Å². The van der Waals surface area contributed by atoms with Crippen LogP contribution < -0.4 is 10.1 Å². The molecule has 24 heavy (non-hydrogen) atoms. The lowest BCUT2D eigenvalue weighted by Gasteiger charge is -2.20. The predicted octanol–water partition coefficient (Wildman–Crippen LogP) is 4.11. The van der Waals surface area contributed by atoms with Crippen LogP contribution in [-0.2, 0) is 16.6 Å². The van der Waals surface area contributed by atoms with Gasteiger partial charge in [0.25, 0.3) is 5.91 Å². The first kappa shape index (κ1) is 18.1. The SMILES string of the molecule is C[C@H](Oc1ccc(C(C)(C)C)cc1)C(=O)NCCc1ccccc1. The highest BCUT2D eigenvalue weighted by atomic mass is 16.5. The summed E-state index contributed by atoms with van der Waals surface area (Å²) in [4.78, 5) is 12.1. The van der Waals surface area contributed by atoms with Gasteiger partial charge in [-0.3, -0.25) is 4.79 Å². The minimum absolute atomic E-state index is 0.0918. The summed E-state index contributed by atoms with van der Waals surface area (Å²) in [5.74, 6) is 0.625. The smallest absolute Gasteiger partial charge is 0.260 e. The molecule has 0 saturated carbocycles. The zero-order chi connectivity index (χ0) is 17.6. The van der Waals surface area contributed by atoms with Crippen LogP contribution in [0.25, 0.3) is 0 Å². The first-order valence-electron chi connectivity index (χ1n) is 8.45. The molecule has 2 aromatic carbocycles. The van der Waals surface area contributed by atoms with E-state index < -0.39 is 6.10 Å². The summed E-state index contributed by atoms with van der Waals surface area (Å²) in [5.41, 5.74) is 2.57. The Morgan fingerprint density at radius 1 is 1.04 bits per heavy atom. The minimum atomic E-state index is -0.513. The number of benzene rings is 2. The molecule has 0 aliphatic carbocycles. The van der Waals surface area contributed by atoms with Crippen LogP contribution in [0.3, 0.4) is 0 Å². The fourth-order valence-corrected chi connectivity index (χ4v) is 2.41. The molecule has 3 heteroatoms. The third-order valence-electron chi connectivity index (χ3n) is 3.96. The van der Waals surface area contributed by atoms with Gasteiger partial charge >= 0.3 is 0 Å². The molecule has 0 aliphatic rings. The fraction of sp³-hybridized carbons (Fsp3) is 0.381. The van der Waals surface area contributed by atoms with Gasteiger partial charge in [0.2, 0.25) is 0 Å². The van der Waals surface area contributed by atoms with Crippen molar-refractivity contribution in [2.75, 3.05) is 6.54 Å². The van der Waals surface area contributed by atoms with Gasteiger partial charge in [0.05, 0.1) is 0 Å². The van der Waals surface area contributed by atoms with Gasteiger partial charge in [-0.05, 0) is 42.0 Å². The zero-order valence-electron chi connectivity index (χ0n) is 15.0. The monoisotopic (exact) mass is 325 g/mol. The summed E-state index contributed by atoms with van der Waals surface area (Å²) in [6.45, 7) is 8.90. The van der Waals surface area contributed by atoms with Crippen LogP contribution in [0, 0.1) is 0 Å². The summed E-state index contributed by atoms with van der Waals surface area (Å²) < 4.78 is 5.73. The lowest BCUT2D eigenvalue weighted by atomic mass is 9.87. The number of carbonyl (C=O) groups excluding carboxylic acids is 1. The molecule has 1 atom stereocenters. The van der Waals surface area contributed by atoms with E-state index in [9.17, 15) is 4.79 Å². The second kappa shape index (κ2) is 8.00. The van der Waals surface area contributed by atoms with Crippen LogP contribution in [0.5, 0.6) is 5.75 Å². The third-order valence-corrected chi connectivity index (χ3v) is 3.96. The van der Waals surface area contributed by atoms with Crippen molar-refractivity contribution in [2.45, 2.75) is 45.6 Å². The van der Waals surface area contributed by atoms with Crippen LogP contribution in [0.2, 0.25) is 0 Å². The second-order valence-electron chi connectivity index (χ2n) is 7.06. The van der Waals surface area contributed by atoms with E-state index in [1.807, 2.05) is 30.3 Å². The molecule has 1 amide bonds. The van der Waals surface area contributed by atoms with E-state index in [-0.39, 0.29) is 11.3 Å². The zero-order valence-corrected chi connectivity index (χ0v) is 15.0. The van der Waals surface area contributed by atoms with Gasteiger partial charge in [-0.1, -0.05) is 63.2 Å². The van der Waals surface area contributed by atoms with Crippen molar-refractivity contribution in [2.24, 2.45) is 0 Å². The van der Waals surface area contributed by atoms with Gasteiger partial charge in [-0.25, -0.2) is 0 Å². The normalized spacial score (nSPS) is 12.5. The second-order valence-corrected chi connectivity index (χ2v) is 7.06. The molecule has 1 N–H and O–H groups in total. The molecule has 0 bridgehead atoms. The number of ether oxygens (including phenoxy) is 1. The maximum atomic E-state index is 12.1. The van der Waals surface area contributed by atoms with Gasteiger partial charge in [0, 0.05) is 6.54 Å². The Bertz CT molecular complexity index is 642. The van der Waals surface area contributed by atoms with Crippen LogP contribution in [-0.4, -0.2) is 18.6 Å². The van der Waals surface area contributed by atoms with Gasteiger partial charge in [0.1, 0.15) is 5.75 Å². The Kier molecular flexibility index (Phi) is 6.02. The fourth-order valence-electron chi connectivity index (χ4n) is 2.41. The van der Waals surface area contributed by atoms with Crippen molar-refractivity contribution in [3.05, 3.63) is 65.7 Å². The number of hydrogen-bond donors (Lipinski definition) is 1. The molecule has 0 spiro atoms. The predicted molar refractivity (Wildman–Crippen MR) is 98.4 cm³/mol. The van der Waals surface area contributed by atoms with Gasteiger partial charge in [-0.15, -0.1) is 0 Å². The van der Waals surface area contributed by atoms with Crippen molar-refractivity contribution < 1.29 is 9.53 Å². The molecule has 128 valence electrons.